The number of rotatable bonds is 3. The molecule has 2 heterocycles. The third-order valence-corrected chi connectivity index (χ3v) is 3.19. The highest BCUT2D eigenvalue weighted by Gasteiger charge is 2.22. The SMILES string of the molecule is CN(Cc1c[nH]c(-c2cccnc2C#N)c1F)C(=O)OC(C)(C)C. The molecule has 0 aliphatic carbocycles. The summed E-state index contributed by atoms with van der Waals surface area (Å²) in [5.74, 6) is -0.519. The molecular weight excluding hydrogens is 311 g/mol. The Labute approximate surface area is 139 Å². The minimum Gasteiger partial charge on any atom is -0.444 e. The van der Waals surface area contributed by atoms with Gasteiger partial charge in [-0.3, -0.25) is 0 Å². The Bertz CT molecular complexity index is 787. The van der Waals surface area contributed by atoms with Crippen LogP contribution >= 0.6 is 0 Å². The Morgan fingerprint density at radius 2 is 2.21 bits per heavy atom. The third kappa shape index (κ3) is 3.90. The number of pyridine rings is 1. The number of ether oxygens (including phenoxy) is 1. The zero-order valence-electron chi connectivity index (χ0n) is 14.1. The number of nitrogens with zero attached hydrogens (tertiary/aromatic N) is 3. The minimum absolute atomic E-state index is 0.0411. The maximum absolute atomic E-state index is 14.6. The van der Waals surface area contributed by atoms with Crippen LogP contribution in [0.1, 0.15) is 32.0 Å². The number of halogens is 1. The van der Waals surface area contributed by atoms with E-state index in [1.165, 1.54) is 24.3 Å². The molecule has 0 atom stereocenters. The molecule has 0 saturated heterocycles. The molecule has 2 aromatic rings. The quantitative estimate of drug-likeness (QED) is 0.934. The van der Waals surface area contributed by atoms with Gasteiger partial charge in [-0.05, 0) is 32.9 Å². The second-order valence-corrected chi connectivity index (χ2v) is 6.35. The van der Waals surface area contributed by atoms with Crippen molar-refractivity contribution >= 4 is 6.09 Å². The van der Waals surface area contributed by atoms with Crippen LogP contribution in [-0.2, 0) is 11.3 Å². The van der Waals surface area contributed by atoms with Crippen LogP contribution in [0.3, 0.4) is 0 Å². The van der Waals surface area contributed by atoms with E-state index >= 15 is 0 Å². The van der Waals surface area contributed by atoms with E-state index < -0.39 is 17.5 Å². The fourth-order valence-electron chi connectivity index (χ4n) is 2.11. The van der Waals surface area contributed by atoms with Crippen LogP contribution in [0.4, 0.5) is 9.18 Å². The predicted octanol–water partition coefficient (Wildman–Crippen LogP) is 3.45. The van der Waals surface area contributed by atoms with E-state index in [2.05, 4.69) is 9.97 Å². The summed E-state index contributed by atoms with van der Waals surface area (Å²) >= 11 is 0. The van der Waals surface area contributed by atoms with Gasteiger partial charge in [0.2, 0.25) is 0 Å². The van der Waals surface area contributed by atoms with Gasteiger partial charge >= 0.3 is 6.09 Å². The molecule has 0 unspecified atom stereocenters. The number of aromatic amines is 1. The van der Waals surface area contributed by atoms with Crippen LogP contribution in [0.5, 0.6) is 0 Å². The standard InChI is InChI=1S/C17H19FN4O2/c1-17(2,3)24-16(23)22(4)10-11-9-21-15(14(11)18)12-6-5-7-20-13(12)8-19/h5-7,9,21H,10H2,1-4H3. The molecule has 0 aliphatic heterocycles. The second kappa shape index (κ2) is 6.71. The molecule has 6 nitrogen and oxygen atoms in total. The van der Waals surface area contributed by atoms with E-state index in [9.17, 15) is 9.18 Å². The first-order valence-corrected chi connectivity index (χ1v) is 7.38. The molecule has 0 spiro atoms. The van der Waals surface area contributed by atoms with Gasteiger partial charge < -0.3 is 14.6 Å². The van der Waals surface area contributed by atoms with Crippen molar-refractivity contribution in [2.24, 2.45) is 0 Å². The molecule has 1 amide bonds. The van der Waals surface area contributed by atoms with Crippen molar-refractivity contribution in [3.8, 4) is 17.3 Å². The fraction of sp³-hybridized carbons (Fsp3) is 0.353. The Morgan fingerprint density at radius 3 is 2.83 bits per heavy atom. The summed E-state index contributed by atoms with van der Waals surface area (Å²) in [6.45, 7) is 5.33. The third-order valence-electron chi connectivity index (χ3n) is 3.19. The van der Waals surface area contributed by atoms with Gasteiger partial charge in [0.1, 0.15) is 17.4 Å². The van der Waals surface area contributed by atoms with Crippen molar-refractivity contribution < 1.29 is 13.9 Å². The number of H-pyrrole nitrogens is 1. The summed E-state index contributed by atoms with van der Waals surface area (Å²) in [5, 5.41) is 9.09. The van der Waals surface area contributed by atoms with Crippen LogP contribution in [0.25, 0.3) is 11.3 Å². The van der Waals surface area contributed by atoms with Gasteiger partial charge in [-0.25, -0.2) is 14.2 Å². The monoisotopic (exact) mass is 330 g/mol. The number of aromatic nitrogens is 2. The first-order valence-electron chi connectivity index (χ1n) is 7.38. The normalized spacial score (nSPS) is 11.0. The number of hydrogen-bond acceptors (Lipinski definition) is 4. The Hall–Kier alpha value is -2.88. The molecular formula is C17H19FN4O2. The van der Waals surface area contributed by atoms with Gasteiger partial charge in [0.05, 0.1) is 12.2 Å². The molecule has 0 radical (unpaired) electrons. The molecule has 24 heavy (non-hydrogen) atoms. The van der Waals surface area contributed by atoms with Crippen molar-refractivity contribution in [3.63, 3.8) is 0 Å². The average Bonchev–Trinajstić information content (AvgIpc) is 2.86. The highest BCUT2D eigenvalue weighted by Crippen LogP contribution is 2.26. The molecule has 0 saturated carbocycles. The van der Waals surface area contributed by atoms with Crippen molar-refractivity contribution in [1.29, 1.82) is 5.26 Å². The van der Waals surface area contributed by atoms with Crippen molar-refractivity contribution in [2.75, 3.05) is 7.05 Å². The van der Waals surface area contributed by atoms with Crippen LogP contribution in [0, 0.1) is 17.1 Å². The lowest BCUT2D eigenvalue weighted by Gasteiger charge is -2.24. The number of nitrogens with one attached hydrogen (secondary N) is 1. The number of hydrogen-bond donors (Lipinski definition) is 1. The van der Waals surface area contributed by atoms with Gasteiger partial charge in [-0.15, -0.1) is 0 Å². The van der Waals surface area contributed by atoms with Crippen LogP contribution in [0.2, 0.25) is 0 Å². The predicted molar refractivity (Wildman–Crippen MR) is 86.4 cm³/mol. The Morgan fingerprint density at radius 1 is 1.50 bits per heavy atom. The molecule has 7 heteroatoms. The second-order valence-electron chi connectivity index (χ2n) is 6.35. The van der Waals surface area contributed by atoms with E-state index in [-0.39, 0.29) is 17.9 Å². The molecule has 126 valence electrons. The molecule has 1 N–H and O–H groups in total. The number of amides is 1. The molecule has 0 bridgehead atoms. The highest BCUT2D eigenvalue weighted by molar-refractivity contribution is 5.69. The van der Waals surface area contributed by atoms with E-state index in [0.717, 1.165) is 0 Å². The lowest BCUT2D eigenvalue weighted by Crippen LogP contribution is -2.33. The Balaban J connectivity index is 2.22. The van der Waals surface area contributed by atoms with E-state index in [1.54, 1.807) is 32.9 Å². The number of nitriles is 1. The van der Waals surface area contributed by atoms with Gasteiger partial charge in [0, 0.05) is 30.6 Å². The summed E-state index contributed by atoms with van der Waals surface area (Å²) in [6, 6.07) is 5.17. The molecule has 2 aromatic heterocycles. The van der Waals surface area contributed by atoms with Gasteiger partial charge in [-0.2, -0.15) is 5.26 Å². The van der Waals surface area contributed by atoms with Crippen LogP contribution < -0.4 is 0 Å². The molecule has 2 rings (SSSR count). The van der Waals surface area contributed by atoms with Gasteiger partial charge in [0.15, 0.2) is 5.82 Å². The van der Waals surface area contributed by atoms with E-state index in [0.29, 0.717) is 11.1 Å². The maximum atomic E-state index is 14.6. The number of carbonyl (C=O) groups is 1. The zero-order chi connectivity index (χ0) is 17.9. The van der Waals surface area contributed by atoms with Crippen molar-refractivity contribution in [1.82, 2.24) is 14.9 Å². The lowest BCUT2D eigenvalue weighted by molar-refractivity contribution is 0.0284. The summed E-state index contributed by atoms with van der Waals surface area (Å²) in [7, 11) is 1.53. The Kier molecular flexibility index (Phi) is 4.88. The summed E-state index contributed by atoms with van der Waals surface area (Å²) < 4.78 is 19.9. The minimum atomic E-state index is -0.620. The maximum Gasteiger partial charge on any atom is 0.410 e. The molecule has 0 fully saturated rings. The van der Waals surface area contributed by atoms with Crippen LogP contribution in [-0.4, -0.2) is 33.6 Å². The van der Waals surface area contributed by atoms with Crippen LogP contribution in [0.15, 0.2) is 24.5 Å². The summed E-state index contributed by atoms with van der Waals surface area (Å²) in [4.78, 5) is 20.0. The topological polar surface area (TPSA) is 82.0 Å². The zero-order valence-corrected chi connectivity index (χ0v) is 14.1. The van der Waals surface area contributed by atoms with Crippen molar-refractivity contribution in [2.45, 2.75) is 32.9 Å². The largest absolute Gasteiger partial charge is 0.444 e. The van der Waals surface area contributed by atoms with E-state index in [4.69, 9.17) is 10.00 Å². The highest BCUT2D eigenvalue weighted by atomic mass is 19.1. The number of carbonyl (C=O) groups excluding carboxylic acids is 1. The smallest absolute Gasteiger partial charge is 0.410 e. The van der Waals surface area contributed by atoms with Crippen molar-refractivity contribution in [3.05, 3.63) is 41.6 Å². The summed E-state index contributed by atoms with van der Waals surface area (Å²) in [6.07, 6.45) is 2.41. The van der Waals surface area contributed by atoms with Gasteiger partial charge in [-0.1, -0.05) is 0 Å². The average molecular weight is 330 g/mol. The first-order chi connectivity index (χ1) is 11.2. The lowest BCUT2D eigenvalue weighted by atomic mass is 10.1. The van der Waals surface area contributed by atoms with Gasteiger partial charge in [0.25, 0.3) is 0 Å². The fourth-order valence-corrected chi connectivity index (χ4v) is 2.11. The first kappa shape index (κ1) is 17.5. The molecule has 0 aromatic carbocycles. The molecule has 0 aliphatic rings. The summed E-state index contributed by atoms with van der Waals surface area (Å²) in [5.41, 5.74) is 0.359. The van der Waals surface area contributed by atoms with E-state index in [1.807, 2.05) is 6.07 Å².